The largest absolute Gasteiger partial charge is 0.463 e. The monoisotopic (exact) mass is 314 g/mol. The molecule has 4 atom stereocenters. The highest BCUT2D eigenvalue weighted by Crippen LogP contribution is 2.28. The summed E-state index contributed by atoms with van der Waals surface area (Å²) in [6.45, 7) is 3.07. The van der Waals surface area contributed by atoms with E-state index in [1.165, 1.54) is 0 Å². The number of aliphatic hydroxyl groups excluding tert-OH is 2. The maximum Gasteiger partial charge on any atom is 0.330 e. The Morgan fingerprint density at radius 2 is 2.09 bits per heavy atom. The van der Waals surface area contributed by atoms with Gasteiger partial charge in [-0.1, -0.05) is 13.8 Å². The Hall–Kier alpha value is -1.97. The van der Waals surface area contributed by atoms with E-state index >= 15 is 0 Å². The minimum Gasteiger partial charge on any atom is -0.463 e. The quantitative estimate of drug-likeness (QED) is 0.568. The van der Waals surface area contributed by atoms with Gasteiger partial charge in [0.1, 0.15) is 24.9 Å². The molecule has 22 heavy (non-hydrogen) atoms. The zero-order chi connectivity index (χ0) is 16.4. The number of aromatic nitrogens is 2. The molecule has 0 radical (unpaired) electrons. The molecular formula is C13H18N2O7. The topological polar surface area (TPSA) is 131 Å². The maximum absolute atomic E-state index is 11.7. The molecule has 1 fully saturated rings. The molecular weight excluding hydrogens is 296 g/mol. The van der Waals surface area contributed by atoms with Crippen molar-refractivity contribution in [3.8, 4) is 0 Å². The molecule has 0 aliphatic carbocycles. The van der Waals surface area contributed by atoms with Crippen LogP contribution in [0.15, 0.2) is 21.9 Å². The smallest absolute Gasteiger partial charge is 0.330 e. The molecule has 1 saturated heterocycles. The predicted molar refractivity (Wildman–Crippen MR) is 73.0 cm³/mol. The van der Waals surface area contributed by atoms with Gasteiger partial charge in [0.2, 0.25) is 0 Å². The van der Waals surface area contributed by atoms with Gasteiger partial charge in [-0.05, 0) is 0 Å². The number of nitrogens with one attached hydrogen (secondary N) is 1. The van der Waals surface area contributed by atoms with Gasteiger partial charge in [0.05, 0.1) is 5.92 Å². The van der Waals surface area contributed by atoms with Crippen molar-refractivity contribution < 1.29 is 24.5 Å². The van der Waals surface area contributed by atoms with Crippen LogP contribution in [0.3, 0.4) is 0 Å². The van der Waals surface area contributed by atoms with Crippen LogP contribution in [-0.2, 0) is 14.3 Å². The number of hydrogen-bond donors (Lipinski definition) is 3. The van der Waals surface area contributed by atoms with Crippen LogP contribution in [0.5, 0.6) is 0 Å². The van der Waals surface area contributed by atoms with Crippen LogP contribution >= 0.6 is 0 Å². The van der Waals surface area contributed by atoms with Crippen LogP contribution in [0.2, 0.25) is 0 Å². The second-order valence-electron chi connectivity index (χ2n) is 5.35. The second kappa shape index (κ2) is 6.42. The first-order valence-electron chi connectivity index (χ1n) is 6.81. The summed E-state index contributed by atoms with van der Waals surface area (Å²) in [5.74, 6) is -0.795. The van der Waals surface area contributed by atoms with Crippen LogP contribution in [0.25, 0.3) is 0 Å². The third kappa shape index (κ3) is 3.26. The fourth-order valence-electron chi connectivity index (χ4n) is 2.06. The van der Waals surface area contributed by atoms with E-state index in [4.69, 9.17) is 9.47 Å². The molecule has 1 aromatic rings. The van der Waals surface area contributed by atoms with Crippen LogP contribution in [0.1, 0.15) is 20.1 Å². The van der Waals surface area contributed by atoms with Crippen LogP contribution in [0.4, 0.5) is 0 Å². The molecule has 2 rings (SSSR count). The second-order valence-corrected chi connectivity index (χ2v) is 5.35. The van der Waals surface area contributed by atoms with Crippen molar-refractivity contribution in [2.75, 3.05) is 6.61 Å². The van der Waals surface area contributed by atoms with Crippen molar-refractivity contribution in [1.82, 2.24) is 9.55 Å². The van der Waals surface area contributed by atoms with Gasteiger partial charge in [0.15, 0.2) is 6.23 Å². The molecule has 122 valence electrons. The lowest BCUT2D eigenvalue weighted by molar-refractivity contribution is -0.153. The van der Waals surface area contributed by atoms with Crippen molar-refractivity contribution in [2.45, 2.75) is 38.4 Å². The van der Waals surface area contributed by atoms with E-state index in [0.29, 0.717) is 0 Å². The summed E-state index contributed by atoms with van der Waals surface area (Å²) in [6, 6.07) is 1.09. The van der Waals surface area contributed by atoms with E-state index in [-0.39, 0.29) is 12.5 Å². The standard InChI is InChI=1S/C13H18N2O7/c1-6(2)12(19)21-5-7-9(17)10(18)11(22-7)15-4-3-8(16)14-13(15)20/h3-4,6-7,9-11,17-18H,5H2,1-2H3,(H,14,16,20)/t7-,9-,10-,11-/m1/s1. The van der Waals surface area contributed by atoms with Gasteiger partial charge in [0, 0.05) is 12.3 Å². The number of nitrogens with zero attached hydrogens (tertiary/aromatic N) is 1. The third-order valence-electron chi connectivity index (χ3n) is 3.32. The van der Waals surface area contributed by atoms with Gasteiger partial charge in [-0.2, -0.15) is 0 Å². The number of carbonyl (C=O) groups excluding carboxylic acids is 1. The van der Waals surface area contributed by atoms with Crippen molar-refractivity contribution in [3.63, 3.8) is 0 Å². The summed E-state index contributed by atoms with van der Waals surface area (Å²) in [4.78, 5) is 36.2. The van der Waals surface area contributed by atoms with Crippen molar-refractivity contribution in [2.24, 2.45) is 5.92 Å². The molecule has 0 bridgehead atoms. The van der Waals surface area contributed by atoms with Gasteiger partial charge in [-0.3, -0.25) is 19.1 Å². The van der Waals surface area contributed by atoms with Crippen LogP contribution in [0, 0.1) is 5.92 Å². The fourth-order valence-corrected chi connectivity index (χ4v) is 2.06. The summed E-state index contributed by atoms with van der Waals surface area (Å²) in [5, 5.41) is 19.9. The number of ether oxygens (including phenoxy) is 2. The first kappa shape index (κ1) is 16.4. The van der Waals surface area contributed by atoms with Gasteiger partial charge in [-0.25, -0.2) is 4.79 Å². The molecule has 0 spiro atoms. The Balaban J connectivity index is 2.11. The van der Waals surface area contributed by atoms with Crippen molar-refractivity contribution >= 4 is 5.97 Å². The Morgan fingerprint density at radius 3 is 2.68 bits per heavy atom. The number of esters is 1. The number of aliphatic hydroxyl groups is 2. The molecule has 2 heterocycles. The van der Waals surface area contributed by atoms with Gasteiger partial charge < -0.3 is 19.7 Å². The van der Waals surface area contributed by atoms with Crippen molar-refractivity contribution in [3.05, 3.63) is 33.1 Å². The number of hydrogen-bond acceptors (Lipinski definition) is 7. The molecule has 1 aliphatic rings. The molecule has 0 amide bonds. The van der Waals surface area contributed by atoms with Gasteiger partial charge in [-0.15, -0.1) is 0 Å². The number of rotatable bonds is 4. The van der Waals surface area contributed by atoms with Crippen LogP contribution in [-0.4, -0.2) is 50.7 Å². The average Bonchev–Trinajstić information content (AvgIpc) is 2.73. The minimum absolute atomic E-state index is 0.246. The molecule has 0 saturated carbocycles. The molecule has 3 N–H and O–H groups in total. The number of carbonyl (C=O) groups is 1. The van der Waals surface area contributed by atoms with E-state index < -0.39 is 41.8 Å². The maximum atomic E-state index is 11.7. The lowest BCUT2D eigenvalue weighted by Gasteiger charge is -2.16. The Labute approximate surface area is 125 Å². The number of aromatic amines is 1. The summed E-state index contributed by atoms with van der Waals surface area (Å²) < 4.78 is 11.3. The lowest BCUT2D eigenvalue weighted by Crippen LogP contribution is -2.37. The Bertz CT molecular complexity index is 650. The Kier molecular flexibility index (Phi) is 4.79. The zero-order valence-corrected chi connectivity index (χ0v) is 12.1. The minimum atomic E-state index is -1.40. The lowest BCUT2D eigenvalue weighted by atomic mass is 10.1. The fraction of sp³-hybridized carbons (Fsp3) is 0.615. The Morgan fingerprint density at radius 1 is 1.41 bits per heavy atom. The van der Waals surface area contributed by atoms with E-state index in [9.17, 15) is 24.6 Å². The van der Waals surface area contributed by atoms with E-state index in [2.05, 4.69) is 0 Å². The predicted octanol–water partition coefficient (Wildman–Crippen LogP) is -1.64. The summed E-state index contributed by atoms with van der Waals surface area (Å²) in [6.07, 6.45) is -3.72. The first-order valence-corrected chi connectivity index (χ1v) is 6.81. The molecule has 9 heteroatoms. The highest BCUT2D eigenvalue weighted by Gasteiger charge is 2.44. The van der Waals surface area contributed by atoms with E-state index in [1.54, 1.807) is 13.8 Å². The molecule has 1 aromatic heterocycles. The molecule has 0 aromatic carbocycles. The molecule has 9 nitrogen and oxygen atoms in total. The van der Waals surface area contributed by atoms with E-state index in [0.717, 1.165) is 16.8 Å². The van der Waals surface area contributed by atoms with Crippen molar-refractivity contribution in [1.29, 1.82) is 0 Å². The first-order chi connectivity index (χ1) is 10.3. The average molecular weight is 314 g/mol. The molecule has 0 unspecified atom stereocenters. The summed E-state index contributed by atoms with van der Waals surface area (Å²) in [5.41, 5.74) is -1.36. The van der Waals surface area contributed by atoms with Crippen LogP contribution < -0.4 is 11.2 Å². The molecule has 1 aliphatic heterocycles. The number of H-pyrrole nitrogens is 1. The normalized spacial score (nSPS) is 28.0. The highest BCUT2D eigenvalue weighted by molar-refractivity contribution is 5.71. The van der Waals surface area contributed by atoms with Gasteiger partial charge in [0.25, 0.3) is 5.56 Å². The highest BCUT2D eigenvalue weighted by atomic mass is 16.6. The van der Waals surface area contributed by atoms with Gasteiger partial charge >= 0.3 is 11.7 Å². The van der Waals surface area contributed by atoms with E-state index in [1.807, 2.05) is 4.98 Å². The third-order valence-corrected chi connectivity index (χ3v) is 3.32. The summed E-state index contributed by atoms with van der Waals surface area (Å²) >= 11 is 0. The SMILES string of the molecule is CC(C)C(=O)OC[C@H]1O[C@@H](n2ccc(=O)[nH]c2=O)[C@H](O)[C@@H]1O. The summed E-state index contributed by atoms with van der Waals surface area (Å²) in [7, 11) is 0. The zero-order valence-electron chi connectivity index (χ0n) is 12.1.